The number of benzene rings is 1. The Kier molecular flexibility index (Phi) is 5.89. The van der Waals surface area contributed by atoms with Gasteiger partial charge in [0.05, 0.1) is 0 Å². The molecule has 0 amide bonds. The van der Waals surface area contributed by atoms with Crippen LogP contribution in [0.1, 0.15) is 11.1 Å². The average molecular weight is 504 g/mol. The van der Waals surface area contributed by atoms with Crippen molar-refractivity contribution in [2.75, 3.05) is 0 Å². The molecule has 0 nitrogen and oxygen atoms in total. The topological polar surface area (TPSA) is 0 Å². The molecule has 1 aromatic carbocycles. The van der Waals surface area contributed by atoms with Gasteiger partial charge in [-0.3, -0.25) is 0 Å². The summed E-state index contributed by atoms with van der Waals surface area (Å²) >= 11 is -5.19. The van der Waals surface area contributed by atoms with Crippen LogP contribution in [0.25, 0.3) is 0 Å². The molecule has 0 aliphatic rings. The van der Waals surface area contributed by atoms with Gasteiger partial charge in [0, 0.05) is 0 Å². The second-order valence-corrected chi connectivity index (χ2v) is 38.9. The van der Waals surface area contributed by atoms with E-state index in [4.69, 9.17) is 0 Å². The summed E-state index contributed by atoms with van der Waals surface area (Å²) in [5.41, 5.74) is -0.785. The van der Waals surface area contributed by atoms with Crippen molar-refractivity contribution in [2.45, 2.75) is 38.5 Å². The van der Waals surface area contributed by atoms with Crippen molar-refractivity contribution in [1.82, 2.24) is 0 Å². The first-order valence-electron chi connectivity index (χ1n) is 6.67. The molecule has 0 aliphatic heterocycles. The van der Waals surface area contributed by atoms with E-state index in [0.29, 0.717) is 0 Å². The van der Waals surface area contributed by atoms with Gasteiger partial charge in [-0.2, -0.15) is 0 Å². The maximum atomic E-state index is 14.1. The van der Waals surface area contributed by atoms with E-state index in [9.17, 15) is 17.6 Å². The second-order valence-electron chi connectivity index (χ2n) is 7.69. The van der Waals surface area contributed by atoms with Gasteiger partial charge < -0.3 is 0 Å². The minimum atomic E-state index is -2.60. The van der Waals surface area contributed by atoms with Crippen molar-refractivity contribution >= 4 is 36.8 Å². The van der Waals surface area contributed by atoms with Crippen molar-refractivity contribution in [3.8, 4) is 0 Å². The van der Waals surface area contributed by atoms with Gasteiger partial charge in [-0.05, 0) is 0 Å². The third-order valence-corrected chi connectivity index (χ3v) is 10.9. The fourth-order valence-electron chi connectivity index (χ4n) is 2.09. The van der Waals surface area contributed by atoms with E-state index in [2.05, 4.69) is 0 Å². The van der Waals surface area contributed by atoms with Crippen LogP contribution in [0.15, 0.2) is 0 Å². The van der Waals surface area contributed by atoms with E-state index >= 15 is 0 Å². The van der Waals surface area contributed by atoms with Crippen LogP contribution in [0, 0.1) is 23.3 Å². The predicted octanol–water partition coefficient (Wildman–Crippen LogP) is 5.08. The Morgan fingerprint density at radius 1 is 0.550 bits per heavy atom. The Hall–Kier alpha value is 0.537. The Morgan fingerprint density at radius 3 is 0.900 bits per heavy atom. The van der Waals surface area contributed by atoms with Crippen LogP contribution in [0.2, 0.25) is 29.6 Å². The van der Waals surface area contributed by atoms with Crippen molar-refractivity contribution in [3.63, 3.8) is 0 Å². The Morgan fingerprint density at radius 2 is 0.750 bits per heavy atom. The third-order valence-electron chi connectivity index (χ3n) is 2.86. The molecule has 0 bridgehead atoms. The summed E-state index contributed by atoms with van der Waals surface area (Å²) in [6.45, 7) is 0. The summed E-state index contributed by atoms with van der Waals surface area (Å²) < 4.78 is 56.7. The Bertz CT molecular complexity index is 437. The quantitative estimate of drug-likeness (QED) is 0.305. The number of rotatable bonds is 4. The summed E-state index contributed by atoms with van der Waals surface area (Å²) in [7, 11) is 0. The number of hydrogen-bond acceptors (Lipinski definition) is 0. The van der Waals surface area contributed by atoms with Gasteiger partial charge in [-0.25, -0.2) is 0 Å². The van der Waals surface area contributed by atoms with E-state index in [1.165, 1.54) is 0 Å². The van der Waals surface area contributed by atoms with Crippen LogP contribution in [0.4, 0.5) is 17.6 Å². The standard InChI is InChI=1S/C8H4F4.6CH3.2Sn/c1-3-5(9)7(11)4(2)8(12)6(3)10;;;;;;;;/h1-2H2;6*1H3;;. The van der Waals surface area contributed by atoms with Crippen LogP contribution < -0.4 is 0 Å². The van der Waals surface area contributed by atoms with Gasteiger partial charge in [0.15, 0.2) is 0 Å². The number of hydrogen-bond donors (Lipinski definition) is 0. The van der Waals surface area contributed by atoms with Gasteiger partial charge in [-0.1, -0.05) is 0 Å². The average Bonchev–Trinajstić information content (AvgIpc) is 2.25. The molecule has 0 aliphatic carbocycles. The van der Waals surface area contributed by atoms with Crippen LogP contribution in [-0.4, -0.2) is 36.8 Å². The van der Waals surface area contributed by atoms with Gasteiger partial charge in [0.1, 0.15) is 0 Å². The zero-order valence-corrected chi connectivity index (χ0v) is 18.6. The van der Waals surface area contributed by atoms with Crippen molar-refractivity contribution in [1.29, 1.82) is 0 Å². The van der Waals surface area contributed by atoms with Gasteiger partial charge in [-0.15, -0.1) is 0 Å². The zero-order valence-electron chi connectivity index (χ0n) is 12.9. The first kappa shape index (κ1) is 18.6. The van der Waals surface area contributed by atoms with Gasteiger partial charge in [0.25, 0.3) is 0 Å². The molecular formula is C14H22F4Sn2. The van der Waals surface area contributed by atoms with Gasteiger partial charge >= 0.3 is 127 Å². The van der Waals surface area contributed by atoms with E-state index in [1.54, 1.807) is 0 Å². The molecule has 6 heteroatoms. The Balaban J connectivity index is 3.42. The molecular weight excluding hydrogens is 482 g/mol. The molecule has 0 aromatic heterocycles. The molecule has 0 N–H and O–H groups in total. The van der Waals surface area contributed by atoms with Crippen LogP contribution >= 0.6 is 0 Å². The molecule has 0 atom stereocenters. The third kappa shape index (κ3) is 4.78. The first-order chi connectivity index (χ1) is 8.83. The fraction of sp³-hybridized carbons (Fsp3) is 0.571. The Labute approximate surface area is 126 Å². The molecule has 0 unspecified atom stereocenters. The molecule has 0 spiro atoms. The molecule has 0 saturated heterocycles. The summed E-state index contributed by atoms with van der Waals surface area (Å²) in [5, 5.41) is 0. The van der Waals surface area contributed by atoms with E-state index in [1.807, 2.05) is 29.6 Å². The summed E-state index contributed by atoms with van der Waals surface area (Å²) in [5.74, 6) is -4.72. The van der Waals surface area contributed by atoms with Crippen LogP contribution in [0.3, 0.4) is 0 Å². The van der Waals surface area contributed by atoms with Crippen LogP contribution in [0.5, 0.6) is 0 Å². The molecule has 1 rings (SSSR count). The normalized spacial score (nSPS) is 12.9. The SMILES string of the molecule is [CH3][Sn]([CH3])([CH3])[CH2]c1c(F)c(F)c([CH2][Sn]([CH3])([CH3])[CH3])c(F)c1F. The van der Waals surface area contributed by atoms with Gasteiger partial charge in [0.2, 0.25) is 0 Å². The zero-order chi connectivity index (χ0) is 15.9. The molecule has 1 aromatic rings. The second kappa shape index (κ2) is 6.34. The van der Waals surface area contributed by atoms with Crippen LogP contribution in [-0.2, 0) is 8.87 Å². The minimum absolute atomic E-state index is 0.166. The van der Waals surface area contributed by atoms with Crippen molar-refractivity contribution in [3.05, 3.63) is 34.4 Å². The molecule has 0 heterocycles. The molecule has 0 saturated carbocycles. The van der Waals surface area contributed by atoms with E-state index in [0.717, 1.165) is 0 Å². The first-order valence-corrected chi connectivity index (χ1v) is 27.8. The molecule has 20 heavy (non-hydrogen) atoms. The van der Waals surface area contributed by atoms with E-state index < -0.39 is 71.1 Å². The van der Waals surface area contributed by atoms with E-state index in [-0.39, 0.29) is 8.87 Å². The monoisotopic (exact) mass is 506 g/mol. The predicted molar refractivity (Wildman–Crippen MR) is 80.4 cm³/mol. The summed E-state index contributed by atoms with van der Waals surface area (Å²) in [6.07, 6.45) is 0. The molecule has 0 radical (unpaired) electrons. The maximum absolute atomic E-state index is 14.1. The van der Waals surface area contributed by atoms with Crippen molar-refractivity contribution < 1.29 is 17.6 Å². The molecule has 0 fully saturated rings. The fourth-order valence-corrected chi connectivity index (χ4v) is 9.92. The number of halogens is 4. The summed E-state index contributed by atoms with van der Waals surface area (Å²) in [6, 6.07) is 0. The molecule has 114 valence electrons. The summed E-state index contributed by atoms with van der Waals surface area (Å²) in [4.78, 5) is 11.9. The van der Waals surface area contributed by atoms with Crippen molar-refractivity contribution in [2.24, 2.45) is 0 Å².